The molecule has 2 amide bonds. The van der Waals surface area contributed by atoms with Crippen LogP contribution in [-0.4, -0.2) is 36.9 Å². The number of ketones is 1. The summed E-state index contributed by atoms with van der Waals surface area (Å²) in [6.45, 7) is 5.20. The predicted molar refractivity (Wildman–Crippen MR) is 81.1 cm³/mol. The van der Waals surface area contributed by atoms with Crippen molar-refractivity contribution < 1.29 is 9.59 Å². The summed E-state index contributed by atoms with van der Waals surface area (Å²) in [5.74, 6) is 0.0570. The number of carbonyl (C=O) groups excluding carboxylic acids is 2. The molecule has 0 aliphatic heterocycles. The zero-order valence-electron chi connectivity index (χ0n) is 12.6. The van der Waals surface area contributed by atoms with E-state index in [0.29, 0.717) is 18.5 Å². The van der Waals surface area contributed by atoms with Crippen molar-refractivity contribution in [2.45, 2.75) is 33.1 Å². The van der Waals surface area contributed by atoms with E-state index in [1.54, 1.807) is 11.9 Å². The molecule has 0 aromatic heterocycles. The van der Waals surface area contributed by atoms with E-state index in [1.807, 2.05) is 31.2 Å². The maximum atomic E-state index is 11.9. The van der Waals surface area contributed by atoms with Gasteiger partial charge in [-0.15, -0.1) is 0 Å². The molecule has 4 nitrogen and oxygen atoms in total. The van der Waals surface area contributed by atoms with Gasteiger partial charge in [-0.05, 0) is 13.3 Å². The number of rotatable bonds is 7. The molecule has 1 aromatic carbocycles. The second-order valence-electron chi connectivity index (χ2n) is 5.05. The van der Waals surface area contributed by atoms with Gasteiger partial charge in [-0.1, -0.05) is 43.2 Å². The second-order valence-corrected chi connectivity index (χ2v) is 5.05. The van der Waals surface area contributed by atoms with Crippen molar-refractivity contribution in [3.8, 4) is 0 Å². The molecule has 0 saturated carbocycles. The maximum Gasteiger partial charge on any atom is 0.317 e. The molecule has 0 bridgehead atoms. The van der Waals surface area contributed by atoms with Gasteiger partial charge in [0.15, 0.2) is 5.78 Å². The molecule has 0 atom stereocenters. The second kappa shape index (κ2) is 8.35. The van der Waals surface area contributed by atoms with Crippen molar-refractivity contribution in [3.05, 3.63) is 35.4 Å². The van der Waals surface area contributed by atoms with Gasteiger partial charge in [-0.2, -0.15) is 0 Å². The van der Waals surface area contributed by atoms with Crippen molar-refractivity contribution in [2.24, 2.45) is 0 Å². The Kier molecular flexibility index (Phi) is 6.77. The molecule has 0 radical (unpaired) electrons. The van der Waals surface area contributed by atoms with Crippen molar-refractivity contribution in [2.75, 3.05) is 20.1 Å². The molecule has 1 rings (SSSR count). The molecule has 0 spiro atoms. The molecule has 110 valence electrons. The van der Waals surface area contributed by atoms with E-state index in [4.69, 9.17) is 0 Å². The zero-order chi connectivity index (χ0) is 15.0. The Morgan fingerprint density at radius 3 is 2.45 bits per heavy atom. The number of aryl methyl sites for hydroxylation is 1. The standard InChI is InChI=1S/C16H24N2O2/c1-4-5-12-18(3)16(20)17-11-10-15(19)14-8-6-13(2)7-9-14/h6-9H,4-5,10-12H2,1-3H3,(H,17,20). The fourth-order valence-corrected chi connectivity index (χ4v) is 1.80. The average Bonchev–Trinajstić information content (AvgIpc) is 2.45. The van der Waals surface area contributed by atoms with Gasteiger partial charge in [0.05, 0.1) is 0 Å². The normalized spacial score (nSPS) is 10.2. The maximum absolute atomic E-state index is 11.9. The Morgan fingerprint density at radius 1 is 1.20 bits per heavy atom. The highest BCUT2D eigenvalue weighted by atomic mass is 16.2. The van der Waals surface area contributed by atoms with Crippen molar-refractivity contribution in [1.29, 1.82) is 0 Å². The number of carbonyl (C=O) groups is 2. The summed E-state index contributed by atoms with van der Waals surface area (Å²) in [5, 5.41) is 2.77. The van der Waals surface area contributed by atoms with Crippen LogP contribution >= 0.6 is 0 Å². The zero-order valence-corrected chi connectivity index (χ0v) is 12.6. The van der Waals surface area contributed by atoms with Crippen LogP contribution in [0.3, 0.4) is 0 Å². The summed E-state index contributed by atoms with van der Waals surface area (Å²) >= 11 is 0. The Morgan fingerprint density at radius 2 is 1.85 bits per heavy atom. The molecule has 0 aliphatic rings. The quantitative estimate of drug-likeness (QED) is 0.778. The summed E-state index contributed by atoms with van der Waals surface area (Å²) in [5.41, 5.74) is 1.83. The number of Topliss-reactive ketones (excluding diaryl/α,β-unsaturated/α-hetero) is 1. The summed E-state index contributed by atoms with van der Waals surface area (Å²) in [6, 6.07) is 7.38. The first kappa shape index (κ1) is 16.2. The summed E-state index contributed by atoms with van der Waals surface area (Å²) in [4.78, 5) is 25.3. The first-order chi connectivity index (χ1) is 9.54. The Hall–Kier alpha value is -1.84. The van der Waals surface area contributed by atoms with Crippen molar-refractivity contribution in [3.63, 3.8) is 0 Å². The van der Waals surface area contributed by atoms with E-state index in [1.165, 1.54) is 0 Å². The third-order valence-corrected chi connectivity index (χ3v) is 3.20. The van der Waals surface area contributed by atoms with Crippen LogP contribution in [-0.2, 0) is 0 Å². The monoisotopic (exact) mass is 276 g/mol. The summed E-state index contributed by atoms with van der Waals surface area (Å²) < 4.78 is 0. The highest BCUT2D eigenvalue weighted by Gasteiger charge is 2.09. The lowest BCUT2D eigenvalue weighted by molar-refractivity contribution is 0.0983. The molecule has 0 fully saturated rings. The van der Waals surface area contributed by atoms with Gasteiger partial charge in [0.2, 0.25) is 0 Å². The van der Waals surface area contributed by atoms with E-state index in [0.717, 1.165) is 24.9 Å². The number of nitrogens with zero attached hydrogens (tertiary/aromatic N) is 1. The van der Waals surface area contributed by atoms with Crippen LogP contribution in [0.15, 0.2) is 24.3 Å². The van der Waals surface area contributed by atoms with E-state index >= 15 is 0 Å². The van der Waals surface area contributed by atoms with E-state index in [2.05, 4.69) is 12.2 Å². The number of amides is 2. The number of urea groups is 1. The van der Waals surface area contributed by atoms with Gasteiger partial charge >= 0.3 is 6.03 Å². The van der Waals surface area contributed by atoms with Gasteiger partial charge in [0, 0.05) is 32.1 Å². The Bertz CT molecular complexity index is 440. The molecular weight excluding hydrogens is 252 g/mol. The molecule has 0 aliphatic carbocycles. The number of hydrogen-bond acceptors (Lipinski definition) is 2. The summed E-state index contributed by atoms with van der Waals surface area (Å²) in [6.07, 6.45) is 2.38. The van der Waals surface area contributed by atoms with E-state index < -0.39 is 0 Å². The molecule has 0 unspecified atom stereocenters. The van der Waals surface area contributed by atoms with Gasteiger partial charge in [-0.25, -0.2) is 4.79 Å². The molecule has 1 aromatic rings. The average molecular weight is 276 g/mol. The molecule has 0 heterocycles. The number of unbranched alkanes of at least 4 members (excludes halogenated alkanes) is 1. The first-order valence-electron chi connectivity index (χ1n) is 7.13. The lowest BCUT2D eigenvalue weighted by Gasteiger charge is -2.17. The fourth-order valence-electron chi connectivity index (χ4n) is 1.80. The van der Waals surface area contributed by atoms with E-state index in [9.17, 15) is 9.59 Å². The van der Waals surface area contributed by atoms with Crippen LogP contribution < -0.4 is 5.32 Å². The number of nitrogens with one attached hydrogen (secondary N) is 1. The number of benzene rings is 1. The molecule has 1 N–H and O–H groups in total. The molecule has 0 saturated heterocycles. The SMILES string of the molecule is CCCCN(C)C(=O)NCCC(=O)c1ccc(C)cc1. The van der Waals surface area contributed by atoms with Crippen LogP contribution in [0.2, 0.25) is 0 Å². The minimum absolute atomic E-state index is 0.0570. The van der Waals surface area contributed by atoms with Gasteiger partial charge in [0.25, 0.3) is 0 Å². The van der Waals surface area contributed by atoms with Crippen LogP contribution in [0, 0.1) is 6.92 Å². The molecule has 4 heteroatoms. The number of hydrogen-bond donors (Lipinski definition) is 1. The first-order valence-corrected chi connectivity index (χ1v) is 7.13. The molecular formula is C16H24N2O2. The molecule has 20 heavy (non-hydrogen) atoms. The predicted octanol–water partition coefficient (Wildman–Crippen LogP) is 3.01. The van der Waals surface area contributed by atoms with Crippen molar-refractivity contribution in [1.82, 2.24) is 10.2 Å². The highest BCUT2D eigenvalue weighted by molar-refractivity contribution is 5.96. The largest absolute Gasteiger partial charge is 0.338 e. The van der Waals surface area contributed by atoms with Crippen LogP contribution in [0.25, 0.3) is 0 Å². The third-order valence-electron chi connectivity index (χ3n) is 3.20. The topological polar surface area (TPSA) is 49.4 Å². The highest BCUT2D eigenvalue weighted by Crippen LogP contribution is 2.05. The van der Waals surface area contributed by atoms with Gasteiger partial charge in [-0.3, -0.25) is 4.79 Å². The minimum Gasteiger partial charge on any atom is -0.338 e. The minimum atomic E-state index is -0.116. The van der Waals surface area contributed by atoms with Crippen LogP contribution in [0.1, 0.15) is 42.1 Å². The van der Waals surface area contributed by atoms with Gasteiger partial charge < -0.3 is 10.2 Å². The Balaban J connectivity index is 2.31. The van der Waals surface area contributed by atoms with Crippen molar-refractivity contribution >= 4 is 11.8 Å². The van der Waals surface area contributed by atoms with Gasteiger partial charge in [0.1, 0.15) is 0 Å². The Labute approximate surface area is 121 Å². The lowest BCUT2D eigenvalue weighted by Crippen LogP contribution is -2.38. The third kappa shape index (κ3) is 5.43. The summed E-state index contributed by atoms with van der Waals surface area (Å²) in [7, 11) is 1.77. The van der Waals surface area contributed by atoms with Crippen LogP contribution in [0.5, 0.6) is 0 Å². The lowest BCUT2D eigenvalue weighted by atomic mass is 10.1. The van der Waals surface area contributed by atoms with Crippen LogP contribution in [0.4, 0.5) is 4.79 Å². The smallest absolute Gasteiger partial charge is 0.317 e. The van der Waals surface area contributed by atoms with E-state index in [-0.39, 0.29) is 11.8 Å². The fraction of sp³-hybridized carbons (Fsp3) is 0.500.